The smallest absolute Gasteiger partial charge is 0.0856 e. The lowest BCUT2D eigenvalue weighted by atomic mass is 10.2. The molecule has 1 heterocycles. The summed E-state index contributed by atoms with van der Waals surface area (Å²) >= 11 is 3.49. The molecule has 3 heteroatoms. The van der Waals surface area contributed by atoms with Crippen LogP contribution in [0.25, 0.3) is 0 Å². The van der Waals surface area contributed by atoms with E-state index in [9.17, 15) is 0 Å². The molecule has 1 atom stereocenters. The molecule has 0 saturated carbocycles. The molecule has 0 fully saturated rings. The predicted octanol–water partition coefficient (Wildman–Crippen LogP) is 1.98. The molecule has 1 aromatic heterocycles. The summed E-state index contributed by atoms with van der Waals surface area (Å²) in [5, 5.41) is 3.29. The first kappa shape index (κ1) is 7.37. The number of nitrogens with one attached hydrogen (secondary N) is 2. The fourth-order valence-electron chi connectivity index (χ4n) is 1.75. The number of aromatic nitrogens is 1. The van der Waals surface area contributed by atoms with Crippen LogP contribution in [0.1, 0.15) is 23.6 Å². The van der Waals surface area contributed by atoms with Crippen LogP contribution >= 0.6 is 15.9 Å². The lowest BCUT2D eigenvalue weighted by Gasteiger charge is -2.05. The van der Waals surface area contributed by atoms with Crippen LogP contribution < -0.4 is 5.32 Å². The summed E-state index contributed by atoms with van der Waals surface area (Å²) in [6.45, 7) is 0. The Hall–Kier alpha value is -0.280. The first-order valence-corrected chi connectivity index (χ1v) is 4.65. The number of H-pyrrole nitrogens is 1. The van der Waals surface area contributed by atoms with Crippen LogP contribution in [-0.2, 0) is 6.42 Å². The lowest BCUT2D eigenvalue weighted by molar-refractivity contribution is 0.588. The van der Waals surface area contributed by atoms with Crippen molar-refractivity contribution in [1.82, 2.24) is 10.3 Å². The minimum Gasteiger partial charge on any atom is -0.355 e. The Morgan fingerprint density at radius 2 is 2.55 bits per heavy atom. The van der Waals surface area contributed by atoms with E-state index < -0.39 is 0 Å². The third-order valence-electron chi connectivity index (χ3n) is 2.37. The van der Waals surface area contributed by atoms with Crippen molar-refractivity contribution in [2.45, 2.75) is 18.9 Å². The van der Waals surface area contributed by atoms with Gasteiger partial charge in [0.1, 0.15) is 0 Å². The second-order valence-corrected chi connectivity index (χ2v) is 3.71. The van der Waals surface area contributed by atoms with Crippen LogP contribution in [-0.4, -0.2) is 12.0 Å². The zero-order valence-electron chi connectivity index (χ0n) is 6.45. The zero-order chi connectivity index (χ0) is 7.84. The van der Waals surface area contributed by atoms with Crippen molar-refractivity contribution in [3.63, 3.8) is 0 Å². The number of hydrogen-bond donors (Lipinski definition) is 2. The summed E-state index contributed by atoms with van der Waals surface area (Å²) in [6.07, 6.45) is 4.51. The Labute approximate surface area is 74.5 Å². The van der Waals surface area contributed by atoms with Gasteiger partial charge in [-0.15, -0.1) is 0 Å². The van der Waals surface area contributed by atoms with Gasteiger partial charge in [-0.3, -0.25) is 0 Å². The zero-order valence-corrected chi connectivity index (χ0v) is 8.03. The molecule has 1 unspecified atom stereocenters. The average molecular weight is 215 g/mol. The first-order valence-electron chi connectivity index (χ1n) is 3.86. The third-order valence-corrected chi connectivity index (χ3v) is 3.08. The maximum absolute atomic E-state index is 3.49. The van der Waals surface area contributed by atoms with Gasteiger partial charge in [0.15, 0.2) is 0 Å². The van der Waals surface area contributed by atoms with Crippen molar-refractivity contribution in [1.29, 1.82) is 0 Å². The molecule has 60 valence electrons. The van der Waals surface area contributed by atoms with Gasteiger partial charge in [0.05, 0.1) is 4.60 Å². The molecule has 1 aromatic rings. The Balaban J connectivity index is 2.40. The van der Waals surface area contributed by atoms with Gasteiger partial charge in [0.2, 0.25) is 0 Å². The molecule has 0 amide bonds. The molecule has 0 aliphatic heterocycles. The molecule has 1 aliphatic carbocycles. The second kappa shape index (κ2) is 2.64. The summed E-state index contributed by atoms with van der Waals surface area (Å²) in [5.41, 5.74) is 2.88. The van der Waals surface area contributed by atoms with Crippen LogP contribution in [0.3, 0.4) is 0 Å². The monoisotopic (exact) mass is 214 g/mol. The molecule has 11 heavy (non-hydrogen) atoms. The number of halogens is 1. The normalized spacial score (nSPS) is 22.2. The van der Waals surface area contributed by atoms with Gasteiger partial charge in [-0.25, -0.2) is 0 Å². The molecular weight excluding hydrogens is 204 g/mol. The van der Waals surface area contributed by atoms with Crippen molar-refractivity contribution >= 4 is 15.9 Å². The standard InChI is InChI=1S/C8H11BrN2/c1-10-7-3-2-5-6(7)4-11-8(5)9/h4,7,10-11H,2-3H2,1H3. The van der Waals surface area contributed by atoms with Crippen LogP contribution in [0.15, 0.2) is 10.8 Å². The van der Waals surface area contributed by atoms with Gasteiger partial charge >= 0.3 is 0 Å². The molecular formula is C8H11BrN2. The first-order chi connectivity index (χ1) is 5.33. The topological polar surface area (TPSA) is 27.8 Å². The fraction of sp³-hybridized carbons (Fsp3) is 0.500. The van der Waals surface area contributed by atoms with Crippen molar-refractivity contribution in [2.24, 2.45) is 0 Å². The van der Waals surface area contributed by atoms with E-state index in [2.05, 4.69) is 32.4 Å². The summed E-state index contributed by atoms with van der Waals surface area (Å²) in [4.78, 5) is 3.18. The molecule has 0 aromatic carbocycles. The number of fused-ring (bicyclic) bond motifs is 1. The second-order valence-electron chi connectivity index (χ2n) is 2.92. The van der Waals surface area contributed by atoms with Crippen molar-refractivity contribution < 1.29 is 0 Å². The van der Waals surface area contributed by atoms with E-state index in [1.54, 1.807) is 0 Å². The largest absolute Gasteiger partial charge is 0.355 e. The summed E-state index contributed by atoms with van der Waals surface area (Å²) in [7, 11) is 2.01. The number of hydrogen-bond acceptors (Lipinski definition) is 1. The summed E-state index contributed by atoms with van der Waals surface area (Å²) < 4.78 is 1.16. The minimum atomic E-state index is 0.563. The maximum atomic E-state index is 3.49. The molecule has 0 saturated heterocycles. The number of rotatable bonds is 1. The predicted molar refractivity (Wildman–Crippen MR) is 48.6 cm³/mol. The summed E-state index contributed by atoms with van der Waals surface area (Å²) in [6, 6.07) is 0.563. The Morgan fingerprint density at radius 3 is 3.27 bits per heavy atom. The van der Waals surface area contributed by atoms with E-state index in [4.69, 9.17) is 0 Å². The van der Waals surface area contributed by atoms with Gasteiger partial charge in [-0.2, -0.15) is 0 Å². The minimum absolute atomic E-state index is 0.563. The SMILES string of the molecule is CNC1CCc2c1c[nH]c2Br. The molecule has 0 radical (unpaired) electrons. The highest BCUT2D eigenvalue weighted by molar-refractivity contribution is 9.10. The van der Waals surface area contributed by atoms with Crippen LogP contribution in [0, 0.1) is 0 Å². The van der Waals surface area contributed by atoms with E-state index in [1.165, 1.54) is 24.0 Å². The lowest BCUT2D eigenvalue weighted by Crippen LogP contribution is -2.12. The van der Waals surface area contributed by atoms with Gasteiger partial charge in [-0.1, -0.05) is 0 Å². The Bertz CT molecular complexity index is 267. The van der Waals surface area contributed by atoms with E-state index in [-0.39, 0.29) is 0 Å². The van der Waals surface area contributed by atoms with Gasteiger partial charge in [0, 0.05) is 12.2 Å². The highest BCUT2D eigenvalue weighted by Gasteiger charge is 2.23. The van der Waals surface area contributed by atoms with Gasteiger partial charge in [-0.05, 0) is 46.9 Å². The van der Waals surface area contributed by atoms with E-state index in [0.717, 1.165) is 4.60 Å². The summed E-state index contributed by atoms with van der Waals surface area (Å²) in [5.74, 6) is 0. The molecule has 2 nitrogen and oxygen atoms in total. The van der Waals surface area contributed by atoms with Gasteiger partial charge in [0.25, 0.3) is 0 Å². The van der Waals surface area contributed by atoms with Crippen molar-refractivity contribution in [3.05, 3.63) is 21.9 Å². The van der Waals surface area contributed by atoms with Crippen LogP contribution in [0.2, 0.25) is 0 Å². The molecule has 0 bridgehead atoms. The molecule has 2 rings (SSSR count). The highest BCUT2D eigenvalue weighted by Crippen LogP contribution is 2.34. The third kappa shape index (κ3) is 1.03. The molecule has 0 spiro atoms. The number of aromatic amines is 1. The molecule has 2 N–H and O–H groups in total. The Morgan fingerprint density at radius 1 is 1.73 bits per heavy atom. The fourth-order valence-corrected chi connectivity index (χ4v) is 2.29. The van der Waals surface area contributed by atoms with E-state index in [1.807, 2.05) is 7.05 Å². The molecule has 1 aliphatic rings. The van der Waals surface area contributed by atoms with Gasteiger partial charge < -0.3 is 10.3 Å². The average Bonchev–Trinajstić information content (AvgIpc) is 2.53. The van der Waals surface area contributed by atoms with Crippen molar-refractivity contribution in [3.8, 4) is 0 Å². The Kier molecular flexibility index (Phi) is 1.77. The van der Waals surface area contributed by atoms with Crippen LogP contribution in [0.4, 0.5) is 0 Å². The van der Waals surface area contributed by atoms with Crippen molar-refractivity contribution in [2.75, 3.05) is 7.05 Å². The highest BCUT2D eigenvalue weighted by atomic mass is 79.9. The van der Waals surface area contributed by atoms with Crippen LogP contribution in [0.5, 0.6) is 0 Å². The van der Waals surface area contributed by atoms with E-state index in [0.29, 0.717) is 6.04 Å². The maximum Gasteiger partial charge on any atom is 0.0856 e. The quantitative estimate of drug-likeness (QED) is 0.736. The van der Waals surface area contributed by atoms with E-state index >= 15 is 0 Å².